The van der Waals surface area contributed by atoms with Crippen LogP contribution in [0.25, 0.3) is 0 Å². The first kappa shape index (κ1) is 16.4. The molecule has 0 aliphatic heterocycles. The molecule has 5 nitrogen and oxygen atoms in total. The Hall–Kier alpha value is -0.440. The van der Waals surface area contributed by atoms with Crippen LogP contribution in [0.4, 0.5) is 8.78 Å². The molecule has 0 spiro atoms. The number of halogens is 2. The number of esters is 1. The highest BCUT2D eigenvalue weighted by atomic mass is 32.2. The second kappa shape index (κ2) is 5.58. The molecule has 0 saturated heterocycles. The van der Waals surface area contributed by atoms with E-state index in [0.717, 1.165) is 38.5 Å². The van der Waals surface area contributed by atoms with Gasteiger partial charge < -0.3 is 9.99 Å². The summed E-state index contributed by atoms with van der Waals surface area (Å²) < 4.78 is 35.2. The van der Waals surface area contributed by atoms with Crippen molar-refractivity contribution in [3.63, 3.8) is 0 Å². The van der Waals surface area contributed by atoms with Gasteiger partial charge in [-0.2, -0.15) is 13.1 Å². The molecule has 0 aromatic heterocycles. The summed E-state index contributed by atoms with van der Waals surface area (Å²) in [6, 6.07) is 0. The van der Waals surface area contributed by atoms with Gasteiger partial charge in [-0.25, -0.2) is 0 Å². The van der Waals surface area contributed by atoms with Crippen LogP contribution in [-0.4, -0.2) is 17.8 Å². The van der Waals surface area contributed by atoms with E-state index in [4.69, 9.17) is 4.74 Å². The fourth-order valence-electron chi connectivity index (χ4n) is 5.35. The predicted octanol–water partition coefficient (Wildman–Crippen LogP) is 2.60. The molecule has 4 rings (SSSR count). The van der Waals surface area contributed by atoms with E-state index in [9.17, 15) is 18.8 Å². The quantitative estimate of drug-likeness (QED) is 0.321. The first-order valence-corrected chi connectivity index (χ1v) is 8.19. The Bertz CT molecular complexity index is 445. The SMILES string of the molecule is CC12CC3CC(C1)CC(C(=O)OCC(F)(F)SOO[O-])(C3)C2. The fourth-order valence-corrected chi connectivity index (χ4v) is 5.58. The number of carbonyl (C=O) groups is 1. The molecule has 0 radical (unpaired) electrons. The summed E-state index contributed by atoms with van der Waals surface area (Å²) in [4.78, 5) is 12.5. The van der Waals surface area contributed by atoms with E-state index < -0.39 is 35.3 Å². The third-order valence-electron chi connectivity index (χ3n) is 5.34. The Labute approximate surface area is 131 Å². The number of hydrogen-bond acceptors (Lipinski definition) is 6. The molecular formula is C14H19F2O5S-. The van der Waals surface area contributed by atoms with Gasteiger partial charge in [0.2, 0.25) is 0 Å². The zero-order valence-electron chi connectivity index (χ0n) is 12.3. The number of alkyl halides is 2. The lowest BCUT2D eigenvalue weighted by atomic mass is 9.44. The summed E-state index contributed by atoms with van der Waals surface area (Å²) in [6.07, 6.45) is 5.61. The minimum absolute atomic E-state index is 0.139. The number of ether oxygens (including phenoxy) is 1. The molecule has 0 amide bonds. The third-order valence-corrected chi connectivity index (χ3v) is 5.83. The third kappa shape index (κ3) is 3.11. The maximum Gasteiger partial charge on any atom is 0.354 e. The van der Waals surface area contributed by atoms with Crippen LogP contribution in [0.3, 0.4) is 0 Å². The molecule has 4 fully saturated rings. The van der Waals surface area contributed by atoms with Gasteiger partial charge in [0.1, 0.15) is 12.0 Å². The van der Waals surface area contributed by atoms with E-state index in [1.54, 1.807) is 0 Å². The van der Waals surface area contributed by atoms with Gasteiger partial charge in [-0.05, 0) is 55.8 Å². The average Bonchev–Trinajstić information content (AvgIpc) is 2.40. The van der Waals surface area contributed by atoms with Crippen molar-refractivity contribution in [1.29, 1.82) is 0 Å². The van der Waals surface area contributed by atoms with Crippen LogP contribution < -0.4 is 5.26 Å². The molecule has 4 saturated carbocycles. The highest BCUT2D eigenvalue weighted by Gasteiger charge is 2.59. The van der Waals surface area contributed by atoms with Crippen molar-refractivity contribution in [1.82, 2.24) is 0 Å². The van der Waals surface area contributed by atoms with Crippen molar-refractivity contribution in [2.24, 2.45) is 22.7 Å². The first-order chi connectivity index (χ1) is 10.3. The van der Waals surface area contributed by atoms with Gasteiger partial charge in [-0.1, -0.05) is 6.92 Å². The van der Waals surface area contributed by atoms with Crippen molar-refractivity contribution in [3.05, 3.63) is 0 Å². The molecule has 2 unspecified atom stereocenters. The molecule has 126 valence electrons. The van der Waals surface area contributed by atoms with Crippen LogP contribution in [0.15, 0.2) is 0 Å². The highest BCUT2D eigenvalue weighted by Crippen LogP contribution is 2.65. The van der Waals surface area contributed by atoms with E-state index in [-0.39, 0.29) is 5.41 Å². The Balaban J connectivity index is 1.63. The minimum Gasteiger partial charge on any atom is -0.691 e. The summed E-state index contributed by atoms with van der Waals surface area (Å²) >= 11 is -0.448. The molecule has 0 N–H and O–H groups in total. The average molecular weight is 337 g/mol. The zero-order chi connectivity index (χ0) is 16.0. The molecule has 8 heteroatoms. The van der Waals surface area contributed by atoms with Crippen molar-refractivity contribution in [2.75, 3.05) is 6.61 Å². The van der Waals surface area contributed by atoms with Crippen molar-refractivity contribution in [3.8, 4) is 0 Å². The summed E-state index contributed by atoms with van der Waals surface area (Å²) in [6.45, 7) is 1.07. The Morgan fingerprint density at radius 1 is 1.32 bits per heavy atom. The minimum atomic E-state index is -3.51. The maximum absolute atomic E-state index is 13.4. The summed E-state index contributed by atoms with van der Waals surface area (Å²) in [5.74, 6) is 0.480. The molecule has 4 aliphatic rings. The summed E-state index contributed by atoms with van der Waals surface area (Å²) in [5, 5.41) is 8.98. The van der Waals surface area contributed by atoms with Crippen LogP contribution in [0.1, 0.15) is 45.4 Å². The van der Waals surface area contributed by atoms with E-state index in [1.807, 2.05) is 0 Å². The number of hydrogen-bond donors (Lipinski definition) is 0. The highest BCUT2D eigenvalue weighted by molar-refractivity contribution is 7.95. The Morgan fingerprint density at radius 2 is 1.95 bits per heavy atom. The second-order valence-electron chi connectivity index (χ2n) is 7.48. The monoisotopic (exact) mass is 337 g/mol. The van der Waals surface area contributed by atoms with Gasteiger partial charge in [0.25, 0.3) is 0 Å². The van der Waals surface area contributed by atoms with Crippen LogP contribution in [-0.2, 0) is 18.9 Å². The Morgan fingerprint density at radius 3 is 2.50 bits per heavy atom. The van der Waals surface area contributed by atoms with E-state index in [0.29, 0.717) is 11.8 Å². The maximum atomic E-state index is 13.4. The van der Waals surface area contributed by atoms with E-state index in [1.165, 1.54) is 0 Å². The molecular weight excluding hydrogens is 318 g/mol. The molecule has 4 bridgehead atoms. The standard InChI is InChI=1S/C14H20F2O5S/c1-12-3-9-2-10(4-12)6-13(5-9,7-12)11(17)19-8-14(15,16)22-21-20-18/h9-10,18H,2-8H2,1H3/p-1. The van der Waals surface area contributed by atoms with Gasteiger partial charge in [0.05, 0.1) is 5.41 Å². The van der Waals surface area contributed by atoms with Gasteiger partial charge in [-0.15, -0.1) is 0 Å². The van der Waals surface area contributed by atoms with Crippen LogP contribution >= 0.6 is 12.0 Å². The fraction of sp³-hybridized carbons (Fsp3) is 0.929. The molecule has 4 aliphatic carbocycles. The second-order valence-corrected chi connectivity index (χ2v) is 8.38. The van der Waals surface area contributed by atoms with Gasteiger partial charge in [-0.3, -0.25) is 9.83 Å². The van der Waals surface area contributed by atoms with E-state index in [2.05, 4.69) is 16.3 Å². The van der Waals surface area contributed by atoms with Crippen LogP contribution in [0, 0.1) is 22.7 Å². The lowest BCUT2D eigenvalue weighted by Gasteiger charge is -2.59. The van der Waals surface area contributed by atoms with Gasteiger partial charge in [0, 0.05) is 0 Å². The molecule has 0 heterocycles. The summed E-state index contributed by atoms with van der Waals surface area (Å²) in [7, 11) is 0. The topological polar surface area (TPSA) is 67.8 Å². The largest absolute Gasteiger partial charge is 0.691 e. The molecule has 2 atom stereocenters. The number of carbonyl (C=O) groups excluding carboxylic acids is 1. The van der Waals surface area contributed by atoms with Crippen LogP contribution in [0.2, 0.25) is 0 Å². The van der Waals surface area contributed by atoms with Gasteiger partial charge in [0.15, 0.2) is 6.61 Å². The van der Waals surface area contributed by atoms with Crippen molar-refractivity contribution < 1.29 is 32.9 Å². The zero-order valence-corrected chi connectivity index (χ0v) is 13.1. The lowest BCUT2D eigenvalue weighted by Crippen LogP contribution is -2.54. The Kier molecular flexibility index (Phi) is 4.16. The van der Waals surface area contributed by atoms with Crippen molar-refractivity contribution >= 4 is 18.0 Å². The normalized spacial score (nSPS) is 40.0. The molecule has 22 heavy (non-hydrogen) atoms. The smallest absolute Gasteiger partial charge is 0.354 e. The predicted molar refractivity (Wildman–Crippen MR) is 70.9 cm³/mol. The molecule has 0 aromatic carbocycles. The summed E-state index contributed by atoms with van der Waals surface area (Å²) in [5.41, 5.74) is -0.463. The first-order valence-electron chi connectivity index (χ1n) is 7.45. The number of rotatable bonds is 6. The van der Waals surface area contributed by atoms with Gasteiger partial charge >= 0.3 is 11.2 Å². The van der Waals surface area contributed by atoms with E-state index >= 15 is 0 Å². The molecule has 0 aromatic rings. The van der Waals surface area contributed by atoms with Crippen molar-refractivity contribution in [2.45, 2.75) is 50.7 Å². The lowest BCUT2D eigenvalue weighted by molar-refractivity contribution is -0.777. The van der Waals surface area contributed by atoms with Crippen LogP contribution in [0.5, 0.6) is 0 Å².